The molecule has 34 heavy (non-hydrogen) atoms. The minimum Gasteiger partial charge on any atom is -0.481 e. The zero-order valence-corrected chi connectivity index (χ0v) is 19.5. The number of ether oxygens (including phenoxy) is 1. The molecule has 0 radical (unpaired) electrons. The smallest absolute Gasteiger partial charge is 0.262 e. The molecule has 3 heterocycles. The number of hydrogen-bond acceptors (Lipinski definition) is 6. The Balaban J connectivity index is 1.33. The van der Waals surface area contributed by atoms with Crippen molar-refractivity contribution < 1.29 is 13.9 Å². The molecule has 0 atom stereocenters. The highest BCUT2D eigenvalue weighted by atomic mass is 35.5. The second kappa shape index (κ2) is 9.38. The summed E-state index contributed by atoms with van der Waals surface area (Å²) in [5.74, 6) is -0.326. The summed E-state index contributed by atoms with van der Waals surface area (Å²) >= 11 is 13.4. The Morgan fingerprint density at radius 2 is 1.88 bits per heavy atom. The second-order valence-electron chi connectivity index (χ2n) is 7.11. The molecule has 0 fully saturated rings. The van der Waals surface area contributed by atoms with Gasteiger partial charge in [-0.25, -0.2) is 4.39 Å². The lowest BCUT2D eigenvalue weighted by Crippen LogP contribution is -2.20. The van der Waals surface area contributed by atoms with Crippen LogP contribution in [0, 0.1) is 5.82 Å². The quantitative estimate of drug-likeness (QED) is 0.301. The van der Waals surface area contributed by atoms with Crippen molar-refractivity contribution in [1.82, 2.24) is 19.8 Å². The minimum atomic E-state index is -0.593. The maximum atomic E-state index is 13.3. The van der Waals surface area contributed by atoms with E-state index in [1.54, 1.807) is 34.1 Å². The van der Waals surface area contributed by atoms with Gasteiger partial charge in [0.1, 0.15) is 5.82 Å². The van der Waals surface area contributed by atoms with Crippen molar-refractivity contribution in [3.63, 3.8) is 0 Å². The summed E-state index contributed by atoms with van der Waals surface area (Å²) in [7, 11) is 0. The van der Waals surface area contributed by atoms with E-state index in [2.05, 4.69) is 20.6 Å². The van der Waals surface area contributed by atoms with Gasteiger partial charge in [-0.3, -0.25) is 4.79 Å². The summed E-state index contributed by atoms with van der Waals surface area (Å²) in [6.07, 6.45) is 0. The molecule has 5 rings (SSSR count). The van der Waals surface area contributed by atoms with E-state index in [0.717, 1.165) is 22.6 Å². The monoisotopic (exact) mass is 513 g/mol. The van der Waals surface area contributed by atoms with E-state index in [-0.39, 0.29) is 22.4 Å². The fourth-order valence-electron chi connectivity index (χ4n) is 3.26. The number of carbonyl (C=O) groups is 1. The summed E-state index contributed by atoms with van der Waals surface area (Å²) in [5.41, 5.74) is 2.65. The van der Waals surface area contributed by atoms with Gasteiger partial charge in [0.15, 0.2) is 23.8 Å². The molecule has 0 bridgehead atoms. The Labute approximate surface area is 206 Å². The third-order valence-electron chi connectivity index (χ3n) is 4.76. The lowest BCUT2D eigenvalue weighted by atomic mass is 10.1. The van der Waals surface area contributed by atoms with Crippen molar-refractivity contribution in [2.45, 2.75) is 0 Å². The Bertz CT molecular complexity index is 1480. The predicted molar refractivity (Wildman–Crippen MR) is 130 cm³/mol. The molecule has 0 aliphatic heterocycles. The maximum absolute atomic E-state index is 13.3. The summed E-state index contributed by atoms with van der Waals surface area (Å²) in [5, 5.41) is 17.8. The van der Waals surface area contributed by atoms with E-state index in [0.29, 0.717) is 22.9 Å². The van der Waals surface area contributed by atoms with Gasteiger partial charge in [0.05, 0.1) is 20.6 Å². The molecule has 0 aliphatic carbocycles. The van der Waals surface area contributed by atoms with Crippen LogP contribution in [0.25, 0.3) is 27.6 Å². The molecule has 0 unspecified atom stereocenters. The van der Waals surface area contributed by atoms with Crippen LogP contribution >= 0.6 is 34.5 Å². The number of nitrogens with zero attached hydrogens (tertiary/aromatic N) is 4. The van der Waals surface area contributed by atoms with Gasteiger partial charge in [0.25, 0.3) is 5.91 Å². The van der Waals surface area contributed by atoms with Gasteiger partial charge < -0.3 is 10.1 Å². The van der Waals surface area contributed by atoms with Gasteiger partial charge in [-0.1, -0.05) is 41.4 Å². The van der Waals surface area contributed by atoms with Gasteiger partial charge in [0.2, 0.25) is 0 Å². The summed E-state index contributed by atoms with van der Waals surface area (Å²) in [4.78, 5) is 13.4. The Morgan fingerprint density at radius 1 is 1.06 bits per heavy atom. The molecular formula is C23H14Cl2FN5O2S. The van der Waals surface area contributed by atoms with E-state index >= 15 is 0 Å². The van der Waals surface area contributed by atoms with Gasteiger partial charge >= 0.3 is 0 Å². The van der Waals surface area contributed by atoms with Crippen LogP contribution in [0.5, 0.6) is 5.75 Å². The van der Waals surface area contributed by atoms with Crippen LogP contribution in [0.4, 0.5) is 10.1 Å². The van der Waals surface area contributed by atoms with E-state index in [1.807, 2.05) is 35.7 Å². The van der Waals surface area contributed by atoms with Crippen molar-refractivity contribution in [2.75, 3.05) is 11.9 Å². The van der Waals surface area contributed by atoms with Crippen molar-refractivity contribution in [3.05, 3.63) is 81.9 Å². The third-order valence-corrected chi connectivity index (χ3v) is 6.18. The first kappa shape index (κ1) is 22.3. The number of fused-ring (bicyclic) bond motifs is 1. The van der Waals surface area contributed by atoms with Crippen LogP contribution in [0.15, 0.2) is 66.0 Å². The van der Waals surface area contributed by atoms with E-state index < -0.39 is 11.7 Å². The standard InChI is InChI=1S/C23H14Cl2FN5O2S/c24-16-10-14(26)11-17(25)22(16)33-12-21(32)27-15-4-1-3-13(9-15)18-6-7-20-28-29-23(31(20)30-18)19-5-2-8-34-19/h1-11H,12H2,(H,27,32). The number of aromatic nitrogens is 4. The second-order valence-corrected chi connectivity index (χ2v) is 8.87. The SMILES string of the molecule is O=C(COc1c(Cl)cc(F)cc1Cl)Nc1cccc(-c2ccc3nnc(-c4cccs4)n3n2)c1. The van der Waals surface area contributed by atoms with Crippen molar-refractivity contribution in [1.29, 1.82) is 0 Å². The highest BCUT2D eigenvalue weighted by molar-refractivity contribution is 7.13. The Kier molecular flexibility index (Phi) is 6.14. The molecule has 7 nitrogen and oxygen atoms in total. The number of halogens is 3. The largest absolute Gasteiger partial charge is 0.481 e. The Hall–Kier alpha value is -3.53. The number of benzene rings is 2. The molecule has 5 aromatic rings. The fraction of sp³-hybridized carbons (Fsp3) is 0.0435. The Morgan fingerprint density at radius 3 is 2.65 bits per heavy atom. The average molecular weight is 514 g/mol. The summed E-state index contributed by atoms with van der Waals surface area (Å²) < 4.78 is 20.4. The van der Waals surface area contributed by atoms with Crippen LogP contribution in [0.3, 0.4) is 0 Å². The minimum absolute atomic E-state index is 0.0165. The summed E-state index contributed by atoms with van der Waals surface area (Å²) in [6, 6.07) is 16.9. The molecule has 1 amide bonds. The number of carbonyl (C=O) groups excluding carboxylic acids is 1. The van der Waals surface area contributed by atoms with Gasteiger partial charge in [0, 0.05) is 11.3 Å². The van der Waals surface area contributed by atoms with Crippen molar-refractivity contribution in [3.8, 4) is 27.7 Å². The molecule has 11 heteroatoms. The van der Waals surface area contributed by atoms with Crippen molar-refractivity contribution >= 4 is 51.8 Å². The van der Waals surface area contributed by atoms with Crippen molar-refractivity contribution in [2.24, 2.45) is 0 Å². The fourth-order valence-corrected chi connectivity index (χ4v) is 4.52. The van der Waals surface area contributed by atoms with Crippen LogP contribution in [0.1, 0.15) is 0 Å². The average Bonchev–Trinajstić information content (AvgIpc) is 3.48. The number of amides is 1. The van der Waals surface area contributed by atoms with E-state index in [1.165, 1.54) is 0 Å². The summed E-state index contributed by atoms with van der Waals surface area (Å²) in [6.45, 7) is -0.357. The molecule has 0 saturated carbocycles. The van der Waals surface area contributed by atoms with Gasteiger partial charge in [-0.05, 0) is 47.8 Å². The topological polar surface area (TPSA) is 81.4 Å². The maximum Gasteiger partial charge on any atom is 0.262 e. The molecular weight excluding hydrogens is 500 g/mol. The van der Waals surface area contributed by atoms with Gasteiger partial charge in [-0.2, -0.15) is 9.61 Å². The predicted octanol–water partition coefficient (Wildman–Crippen LogP) is 5.98. The number of thiophene rings is 1. The zero-order chi connectivity index (χ0) is 23.7. The number of nitrogens with one attached hydrogen (secondary N) is 1. The normalized spacial score (nSPS) is 11.0. The van der Waals surface area contributed by atoms with Crippen LogP contribution in [-0.2, 0) is 4.79 Å². The molecule has 1 N–H and O–H groups in total. The third kappa shape index (κ3) is 4.58. The molecule has 2 aromatic carbocycles. The molecule has 0 saturated heterocycles. The van der Waals surface area contributed by atoms with Gasteiger partial charge in [-0.15, -0.1) is 21.5 Å². The molecule has 3 aromatic heterocycles. The van der Waals surface area contributed by atoms with E-state index in [9.17, 15) is 9.18 Å². The first-order chi connectivity index (χ1) is 16.5. The first-order valence-corrected chi connectivity index (χ1v) is 11.6. The van der Waals surface area contributed by atoms with E-state index in [4.69, 9.17) is 27.9 Å². The highest BCUT2D eigenvalue weighted by Crippen LogP contribution is 2.33. The number of rotatable bonds is 6. The zero-order valence-electron chi connectivity index (χ0n) is 17.2. The van der Waals surface area contributed by atoms with Crippen LogP contribution in [-0.4, -0.2) is 32.3 Å². The van der Waals surface area contributed by atoms with Crippen LogP contribution < -0.4 is 10.1 Å². The molecule has 170 valence electrons. The van der Waals surface area contributed by atoms with Crippen LogP contribution in [0.2, 0.25) is 10.0 Å². The highest BCUT2D eigenvalue weighted by Gasteiger charge is 2.14. The lowest BCUT2D eigenvalue weighted by Gasteiger charge is -2.11. The lowest BCUT2D eigenvalue weighted by molar-refractivity contribution is -0.118. The number of hydrogen-bond donors (Lipinski definition) is 1. The molecule has 0 aliphatic rings. The number of anilines is 1. The first-order valence-electron chi connectivity index (χ1n) is 9.92. The molecule has 0 spiro atoms.